The lowest BCUT2D eigenvalue weighted by atomic mass is 10.1. The number of nitrogens with zero attached hydrogens (tertiary/aromatic N) is 1. The zero-order valence-corrected chi connectivity index (χ0v) is 11.1. The normalized spacial score (nSPS) is 12.0. The molecule has 1 rings (SSSR count). The second-order valence-corrected chi connectivity index (χ2v) is 4.86. The van der Waals surface area contributed by atoms with Crippen LogP contribution in [-0.2, 0) is 0 Å². The number of carbonyl (C=O) groups is 1. The minimum atomic E-state index is -0.624. The Bertz CT molecular complexity index is 468. The van der Waals surface area contributed by atoms with Gasteiger partial charge in [0.2, 0.25) is 0 Å². The number of nitriles is 1. The number of halogens is 2. The van der Waals surface area contributed by atoms with Crippen LogP contribution in [-0.4, -0.2) is 11.9 Å². The molecule has 90 valence electrons. The van der Waals surface area contributed by atoms with E-state index in [4.69, 9.17) is 5.26 Å². The van der Waals surface area contributed by atoms with Crippen LogP contribution in [0, 0.1) is 23.1 Å². The van der Waals surface area contributed by atoms with Gasteiger partial charge in [-0.05, 0) is 24.1 Å². The molecule has 1 aromatic rings. The van der Waals surface area contributed by atoms with E-state index in [-0.39, 0.29) is 11.5 Å². The average Bonchev–Trinajstić information content (AvgIpc) is 2.28. The zero-order valence-electron chi connectivity index (χ0n) is 9.50. The molecule has 0 saturated carbocycles. The minimum absolute atomic E-state index is 0.0286. The van der Waals surface area contributed by atoms with E-state index in [2.05, 4.69) is 21.2 Å². The Morgan fingerprint density at radius 1 is 1.53 bits per heavy atom. The predicted molar refractivity (Wildman–Crippen MR) is 65.8 cm³/mol. The number of carbonyl (C=O) groups excluding carboxylic acids is 1. The third-order valence-corrected chi connectivity index (χ3v) is 2.76. The maximum Gasteiger partial charge on any atom is 0.255 e. The van der Waals surface area contributed by atoms with Gasteiger partial charge in [-0.3, -0.25) is 4.79 Å². The molecular formula is C12H12BrFN2O. The summed E-state index contributed by atoms with van der Waals surface area (Å²) in [6.07, 6.45) is 0. The first kappa shape index (κ1) is 13.7. The van der Waals surface area contributed by atoms with Gasteiger partial charge in [-0.25, -0.2) is 4.39 Å². The van der Waals surface area contributed by atoms with Gasteiger partial charge in [0.15, 0.2) is 0 Å². The lowest BCUT2D eigenvalue weighted by Gasteiger charge is -2.15. The molecule has 3 nitrogen and oxygen atoms in total. The molecular weight excluding hydrogens is 287 g/mol. The molecule has 1 amide bonds. The standard InChI is InChI=1S/C12H12BrFN2O/c1-7(2)11(6-15)16-12(17)9-5-8(13)3-4-10(9)14/h3-5,7,11H,1-2H3,(H,16,17). The zero-order chi connectivity index (χ0) is 13.0. The molecule has 0 saturated heterocycles. The number of amides is 1. The van der Waals surface area contributed by atoms with Gasteiger partial charge in [0.05, 0.1) is 11.6 Å². The second-order valence-electron chi connectivity index (χ2n) is 3.95. The van der Waals surface area contributed by atoms with Crippen LogP contribution in [0.3, 0.4) is 0 Å². The SMILES string of the molecule is CC(C)C(C#N)NC(=O)c1cc(Br)ccc1F. The molecule has 0 aliphatic rings. The lowest BCUT2D eigenvalue weighted by Crippen LogP contribution is -2.37. The van der Waals surface area contributed by atoms with Crippen molar-refractivity contribution in [3.8, 4) is 6.07 Å². The van der Waals surface area contributed by atoms with Crippen molar-refractivity contribution in [2.24, 2.45) is 5.92 Å². The summed E-state index contributed by atoms with van der Waals surface area (Å²) in [7, 11) is 0. The summed E-state index contributed by atoms with van der Waals surface area (Å²) in [5.41, 5.74) is -0.0692. The highest BCUT2D eigenvalue weighted by atomic mass is 79.9. The van der Waals surface area contributed by atoms with Crippen molar-refractivity contribution in [2.75, 3.05) is 0 Å². The second kappa shape index (κ2) is 5.78. The molecule has 1 N–H and O–H groups in total. The first-order valence-corrected chi connectivity index (χ1v) is 5.90. The van der Waals surface area contributed by atoms with E-state index < -0.39 is 17.8 Å². The third kappa shape index (κ3) is 3.53. The van der Waals surface area contributed by atoms with E-state index in [0.717, 1.165) is 0 Å². The van der Waals surface area contributed by atoms with Crippen LogP contribution in [0.1, 0.15) is 24.2 Å². The Kier molecular flexibility index (Phi) is 4.64. The number of benzene rings is 1. The van der Waals surface area contributed by atoms with Gasteiger partial charge in [0.1, 0.15) is 11.9 Å². The van der Waals surface area contributed by atoms with Crippen molar-refractivity contribution in [2.45, 2.75) is 19.9 Å². The van der Waals surface area contributed by atoms with Gasteiger partial charge in [-0.1, -0.05) is 29.8 Å². The summed E-state index contributed by atoms with van der Waals surface area (Å²) in [5.74, 6) is -1.21. The highest BCUT2D eigenvalue weighted by Crippen LogP contribution is 2.16. The smallest absolute Gasteiger partial charge is 0.255 e. The Morgan fingerprint density at radius 3 is 2.71 bits per heavy atom. The van der Waals surface area contributed by atoms with Crippen LogP contribution in [0.4, 0.5) is 4.39 Å². The van der Waals surface area contributed by atoms with Crippen molar-refractivity contribution in [1.82, 2.24) is 5.32 Å². The quantitative estimate of drug-likeness (QED) is 0.933. The molecule has 0 aliphatic carbocycles. The first-order valence-electron chi connectivity index (χ1n) is 5.11. The van der Waals surface area contributed by atoms with Crippen LogP contribution in [0.2, 0.25) is 0 Å². The molecule has 0 aliphatic heterocycles. The molecule has 0 heterocycles. The van der Waals surface area contributed by atoms with Crippen LogP contribution in [0.25, 0.3) is 0 Å². The van der Waals surface area contributed by atoms with E-state index in [1.54, 1.807) is 0 Å². The van der Waals surface area contributed by atoms with Gasteiger partial charge < -0.3 is 5.32 Å². The fraction of sp³-hybridized carbons (Fsp3) is 0.333. The molecule has 0 fully saturated rings. The number of hydrogen-bond acceptors (Lipinski definition) is 2. The first-order chi connectivity index (χ1) is 7.95. The van der Waals surface area contributed by atoms with Crippen LogP contribution >= 0.6 is 15.9 Å². The molecule has 0 radical (unpaired) electrons. The van der Waals surface area contributed by atoms with E-state index >= 15 is 0 Å². The topological polar surface area (TPSA) is 52.9 Å². The summed E-state index contributed by atoms with van der Waals surface area (Å²) in [5, 5.41) is 11.3. The van der Waals surface area contributed by atoms with Crippen molar-refractivity contribution >= 4 is 21.8 Å². The Morgan fingerprint density at radius 2 is 2.18 bits per heavy atom. The Hall–Kier alpha value is -1.41. The summed E-state index contributed by atoms with van der Waals surface area (Å²) in [6, 6.07) is 5.45. The van der Waals surface area contributed by atoms with E-state index in [1.165, 1.54) is 18.2 Å². The summed E-state index contributed by atoms with van der Waals surface area (Å²) in [6.45, 7) is 3.62. The molecule has 1 unspecified atom stereocenters. The number of hydrogen-bond donors (Lipinski definition) is 1. The maximum absolute atomic E-state index is 13.4. The highest BCUT2D eigenvalue weighted by Gasteiger charge is 2.18. The average molecular weight is 299 g/mol. The van der Waals surface area contributed by atoms with E-state index in [1.807, 2.05) is 19.9 Å². The summed E-state index contributed by atoms with van der Waals surface area (Å²) in [4.78, 5) is 11.8. The van der Waals surface area contributed by atoms with Crippen molar-refractivity contribution in [3.63, 3.8) is 0 Å². The fourth-order valence-electron chi connectivity index (χ4n) is 1.24. The molecule has 0 spiro atoms. The van der Waals surface area contributed by atoms with Crippen molar-refractivity contribution in [1.29, 1.82) is 5.26 Å². The predicted octanol–water partition coefficient (Wildman–Crippen LogP) is 2.87. The molecule has 0 bridgehead atoms. The van der Waals surface area contributed by atoms with Crippen LogP contribution in [0.15, 0.2) is 22.7 Å². The van der Waals surface area contributed by atoms with Crippen LogP contribution < -0.4 is 5.32 Å². The van der Waals surface area contributed by atoms with E-state index in [9.17, 15) is 9.18 Å². The Balaban J connectivity index is 2.90. The summed E-state index contributed by atoms with van der Waals surface area (Å²) < 4.78 is 14.0. The minimum Gasteiger partial charge on any atom is -0.336 e. The van der Waals surface area contributed by atoms with Crippen molar-refractivity contribution in [3.05, 3.63) is 34.1 Å². The molecule has 1 aromatic carbocycles. The maximum atomic E-state index is 13.4. The highest BCUT2D eigenvalue weighted by molar-refractivity contribution is 9.10. The molecule has 0 aromatic heterocycles. The number of rotatable bonds is 3. The molecule has 5 heteroatoms. The van der Waals surface area contributed by atoms with E-state index in [0.29, 0.717) is 4.47 Å². The number of nitrogens with one attached hydrogen (secondary N) is 1. The van der Waals surface area contributed by atoms with Gasteiger partial charge in [-0.2, -0.15) is 5.26 Å². The molecule has 17 heavy (non-hydrogen) atoms. The largest absolute Gasteiger partial charge is 0.336 e. The Labute approximate surface area is 108 Å². The molecule has 1 atom stereocenters. The summed E-state index contributed by atoms with van der Waals surface area (Å²) >= 11 is 3.17. The monoisotopic (exact) mass is 298 g/mol. The van der Waals surface area contributed by atoms with Gasteiger partial charge >= 0.3 is 0 Å². The van der Waals surface area contributed by atoms with Gasteiger partial charge in [-0.15, -0.1) is 0 Å². The fourth-order valence-corrected chi connectivity index (χ4v) is 1.60. The third-order valence-electron chi connectivity index (χ3n) is 2.27. The van der Waals surface area contributed by atoms with Crippen LogP contribution in [0.5, 0.6) is 0 Å². The van der Waals surface area contributed by atoms with Crippen molar-refractivity contribution < 1.29 is 9.18 Å². The lowest BCUT2D eigenvalue weighted by molar-refractivity contribution is 0.0933. The van der Waals surface area contributed by atoms with Gasteiger partial charge in [0, 0.05) is 4.47 Å². The van der Waals surface area contributed by atoms with Gasteiger partial charge in [0.25, 0.3) is 5.91 Å².